The third kappa shape index (κ3) is 15.2. The maximum absolute atomic E-state index is 12.4. The zero-order valence-electron chi connectivity index (χ0n) is 39.9. The van der Waals surface area contributed by atoms with Gasteiger partial charge in [0.1, 0.15) is 34.1 Å². The minimum atomic E-state index is -4.72. The first-order chi connectivity index (χ1) is 34.9. The summed E-state index contributed by atoms with van der Waals surface area (Å²) in [5.41, 5.74) is 4.61. The Morgan fingerprint density at radius 3 is 1.48 bits per heavy atom. The van der Waals surface area contributed by atoms with E-state index in [1.165, 1.54) is 72.2 Å². The molecule has 0 saturated carbocycles. The van der Waals surface area contributed by atoms with E-state index in [-0.39, 0.29) is 11.5 Å². The highest BCUT2D eigenvalue weighted by atomic mass is 35.5. The van der Waals surface area contributed by atoms with E-state index < -0.39 is 12.7 Å². The van der Waals surface area contributed by atoms with Gasteiger partial charge in [-0.25, -0.2) is 39.3 Å². The molecule has 0 amide bonds. The van der Waals surface area contributed by atoms with Crippen molar-refractivity contribution in [3.8, 4) is 55.7 Å². The molecule has 16 nitrogen and oxygen atoms in total. The molecular weight excluding hydrogens is 1020 g/mol. The second-order valence-corrected chi connectivity index (χ2v) is 19.0. The predicted molar refractivity (Wildman–Crippen MR) is 268 cm³/mol. The molecule has 8 aromatic rings. The lowest BCUT2D eigenvalue weighted by Gasteiger charge is -2.33. The largest absolute Gasteiger partial charge is 0.573 e. The van der Waals surface area contributed by atoms with E-state index in [1.807, 2.05) is 42.2 Å². The highest BCUT2D eigenvalue weighted by Crippen LogP contribution is 2.32. The van der Waals surface area contributed by atoms with Gasteiger partial charge in [0.15, 0.2) is 10.0 Å². The van der Waals surface area contributed by atoms with Crippen LogP contribution in [0.15, 0.2) is 96.0 Å². The number of halogens is 7. The summed E-state index contributed by atoms with van der Waals surface area (Å²) in [6.45, 7) is 13.4. The fourth-order valence-corrected chi connectivity index (χ4v) is 9.13. The standard InChI is InChI=1S/C24H24F3N7OS.C19H13ClF3N5OS.C5H12N2/c1-16-29-22(23-30-20(15-36-23)18-3-5-19(6-4-18)35-24(25,26)27)31-34(16)14-17-7-8-28-21(13-17)33-11-9-32(2)10-12-33;1-11-25-17(27-28(11)9-12-6-7-24-16(20)8-12)18-26-15(10-30-18)13-2-4-14(5-3-13)29-19(21,22)23;1-7-4-2-6-3-5-7/h3-8,13,15H,9-12,14H2,1-2H3;2-8,10H,9H2,1H3;6H,2-5H2,1H3. The average molecular weight is 1070 g/mol. The van der Waals surface area contributed by atoms with Gasteiger partial charge in [-0.15, -0.1) is 59.2 Å². The number of alkyl halides is 6. The van der Waals surface area contributed by atoms with Gasteiger partial charge in [-0.3, -0.25) is 0 Å². The van der Waals surface area contributed by atoms with Gasteiger partial charge >= 0.3 is 12.7 Å². The number of aryl methyl sites for hydroxylation is 2. The number of piperazine rings is 2. The van der Waals surface area contributed by atoms with Crippen molar-refractivity contribution in [3.63, 3.8) is 0 Å². The number of rotatable bonds is 11. The van der Waals surface area contributed by atoms with Crippen molar-refractivity contribution in [2.45, 2.75) is 39.7 Å². The van der Waals surface area contributed by atoms with Crippen LogP contribution >= 0.6 is 34.3 Å². The van der Waals surface area contributed by atoms with Crippen LogP contribution in [0.4, 0.5) is 32.2 Å². The summed E-state index contributed by atoms with van der Waals surface area (Å²) in [6, 6.07) is 18.8. The average Bonchev–Trinajstić information content (AvgIpc) is 4.18. The number of nitrogens with zero attached hydrogens (tertiary/aromatic N) is 13. The van der Waals surface area contributed by atoms with Crippen molar-refractivity contribution in [1.29, 1.82) is 0 Å². The molecule has 25 heteroatoms. The molecule has 0 aliphatic carbocycles. The number of hydrogen-bond donors (Lipinski definition) is 1. The van der Waals surface area contributed by atoms with Crippen LogP contribution in [-0.2, 0) is 13.1 Å². The molecule has 10 rings (SSSR count). The molecule has 2 aliphatic rings. The van der Waals surface area contributed by atoms with Gasteiger partial charge in [0, 0.05) is 86.6 Å². The quantitative estimate of drug-likeness (QED) is 0.0967. The molecular formula is C48H49ClF6N14O2S2. The summed E-state index contributed by atoms with van der Waals surface area (Å²) in [4.78, 5) is 33.6. The Bertz CT molecular complexity index is 3040. The molecule has 2 fully saturated rings. The Morgan fingerprint density at radius 2 is 1.04 bits per heavy atom. The van der Waals surface area contributed by atoms with Crippen molar-refractivity contribution in [2.24, 2.45) is 0 Å². The summed E-state index contributed by atoms with van der Waals surface area (Å²) < 4.78 is 85.4. The molecule has 2 aromatic carbocycles. The van der Waals surface area contributed by atoms with Crippen molar-refractivity contribution in [2.75, 3.05) is 71.4 Å². The van der Waals surface area contributed by atoms with Crippen molar-refractivity contribution >= 4 is 40.1 Å². The first-order valence-electron chi connectivity index (χ1n) is 22.7. The number of likely N-dealkylation sites (N-methyl/N-ethyl adjacent to an activating group) is 2. The summed E-state index contributed by atoms with van der Waals surface area (Å²) in [7, 11) is 4.28. The molecule has 1 N–H and O–H groups in total. The van der Waals surface area contributed by atoms with Crippen LogP contribution in [0, 0.1) is 13.8 Å². The smallest absolute Gasteiger partial charge is 0.406 e. The first-order valence-corrected chi connectivity index (χ1v) is 24.9. The second kappa shape index (κ2) is 23.5. The van der Waals surface area contributed by atoms with E-state index in [4.69, 9.17) is 11.6 Å². The molecule has 2 aliphatic heterocycles. The maximum Gasteiger partial charge on any atom is 0.573 e. The van der Waals surface area contributed by atoms with E-state index in [0.717, 1.165) is 62.0 Å². The molecule has 0 bridgehead atoms. The number of benzene rings is 2. The SMILES string of the molecule is CN1CCNCC1.Cc1nc(-c2nc(-c3ccc(OC(F)(F)F)cc3)cs2)nn1Cc1ccnc(Cl)c1.Cc1nc(-c2nc(-c3ccc(OC(F)(F)F)cc3)cs2)nn1Cc1ccnc(N2CCN(C)CC2)c1. The molecule has 0 unspecified atom stereocenters. The number of aromatic nitrogens is 10. The molecule has 2 saturated heterocycles. The number of nitrogens with one attached hydrogen (secondary N) is 1. The van der Waals surface area contributed by atoms with E-state index in [2.05, 4.69) is 89.8 Å². The Balaban J connectivity index is 0.000000174. The molecule has 73 heavy (non-hydrogen) atoms. The Morgan fingerprint density at radius 1 is 0.589 bits per heavy atom. The maximum atomic E-state index is 12.4. The molecule has 384 valence electrons. The fourth-order valence-electron chi connectivity index (χ4n) is 7.42. The van der Waals surface area contributed by atoms with Gasteiger partial charge in [0.05, 0.1) is 24.5 Å². The number of ether oxygens (including phenoxy) is 2. The minimum absolute atomic E-state index is 0.273. The second-order valence-electron chi connectivity index (χ2n) is 16.9. The third-order valence-corrected chi connectivity index (χ3v) is 13.2. The molecule has 6 aromatic heterocycles. The van der Waals surface area contributed by atoms with Gasteiger partial charge in [0.25, 0.3) is 0 Å². The van der Waals surface area contributed by atoms with E-state index in [1.54, 1.807) is 34.5 Å². The minimum Gasteiger partial charge on any atom is -0.406 e. The van der Waals surface area contributed by atoms with Crippen molar-refractivity contribution in [1.82, 2.24) is 64.6 Å². The lowest BCUT2D eigenvalue weighted by atomic mass is 10.2. The topological polar surface area (TPSA) is 153 Å². The molecule has 0 radical (unpaired) electrons. The van der Waals surface area contributed by atoms with Crippen LogP contribution in [0.3, 0.4) is 0 Å². The van der Waals surface area contributed by atoms with Gasteiger partial charge in [-0.2, -0.15) is 0 Å². The molecule has 8 heterocycles. The zero-order chi connectivity index (χ0) is 51.7. The van der Waals surface area contributed by atoms with Crippen molar-refractivity contribution < 1.29 is 35.8 Å². The van der Waals surface area contributed by atoms with Crippen LogP contribution in [0.5, 0.6) is 11.5 Å². The zero-order valence-corrected chi connectivity index (χ0v) is 42.3. The van der Waals surface area contributed by atoms with Gasteiger partial charge in [0.2, 0.25) is 11.6 Å². The Kier molecular flexibility index (Phi) is 17.0. The third-order valence-electron chi connectivity index (χ3n) is 11.3. The fraction of sp³-hybridized carbons (Fsp3) is 0.333. The monoisotopic (exact) mass is 1070 g/mol. The lowest BCUT2D eigenvalue weighted by Crippen LogP contribution is -2.44. The van der Waals surface area contributed by atoms with Crippen LogP contribution < -0.4 is 19.7 Å². The number of hydrogen-bond acceptors (Lipinski definition) is 16. The van der Waals surface area contributed by atoms with Crippen molar-refractivity contribution in [3.05, 3.63) is 124 Å². The molecule has 0 spiro atoms. The van der Waals surface area contributed by atoms with Gasteiger partial charge < -0.3 is 29.5 Å². The lowest BCUT2D eigenvalue weighted by molar-refractivity contribution is -0.275. The van der Waals surface area contributed by atoms with Gasteiger partial charge in [-0.1, -0.05) is 11.6 Å². The highest BCUT2D eigenvalue weighted by Gasteiger charge is 2.32. The summed E-state index contributed by atoms with van der Waals surface area (Å²) in [5, 5.41) is 17.7. The number of pyridine rings is 2. The number of thiazole rings is 2. The predicted octanol–water partition coefficient (Wildman–Crippen LogP) is 9.36. The van der Waals surface area contributed by atoms with Crippen LogP contribution in [-0.4, -0.2) is 138 Å². The van der Waals surface area contributed by atoms with Crippen LogP contribution in [0.1, 0.15) is 22.8 Å². The van der Waals surface area contributed by atoms with Crippen LogP contribution in [0.2, 0.25) is 5.15 Å². The number of anilines is 1. The van der Waals surface area contributed by atoms with E-state index in [9.17, 15) is 26.3 Å². The van der Waals surface area contributed by atoms with E-state index in [0.29, 0.717) is 68.2 Å². The summed E-state index contributed by atoms with van der Waals surface area (Å²) >= 11 is 8.66. The summed E-state index contributed by atoms with van der Waals surface area (Å²) in [5.74, 6) is 2.86. The van der Waals surface area contributed by atoms with Gasteiger partial charge in [-0.05, 0) is 112 Å². The van der Waals surface area contributed by atoms with Crippen LogP contribution in [0.25, 0.3) is 44.2 Å². The normalized spacial score (nSPS) is 14.5. The highest BCUT2D eigenvalue weighted by molar-refractivity contribution is 7.13. The Hall–Kier alpha value is -6.57. The van der Waals surface area contributed by atoms with E-state index >= 15 is 0 Å². The molecule has 0 atom stereocenters. The Labute approximate surface area is 429 Å². The first kappa shape index (κ1) is 52.7. The summed E-state index contributed by atoms with van der Waals surface area (Å²) in [6.07, 6.45) is -5.99.